The van der Waals surface area contributed by atoms with Crippen LogP contribution in [0.15, 0.2) is 0 Å². The molecule has 21 heavy (non-hydrogen) atoms. The number of hydrogen-bond donors (Lipinski definition) is 1. The molecule has 5 unspecified atom stereocenters. The molecule has 0 radical (unpaired) electrons. The molecule has 1 saturated heterocycles. The number of rotatable bonds is 3. The minimum atomic E-state index is -0.837. The molecule has 2 fully saturated rings. The fourth-order valence-corrected chi connectivity index (χ4v) is 4.81. The van der Waals surface area contributed by atoms with E-state index in [0.717, 1.165) is 25.7 Å². The third kappa shape index (κ3) is 4.42. The Labute approximate surface area is 130 Å². The first kappa shape index (κ1) is 16.7. The molecule has 2 rings (SSSR count). The summed E-state index contributed by atoms with van der Waals surface area (Å²) in [6.07, 6.45) is 4.28. The minimum absolute atomic E-state index is 0.0259. The number of urea groups is 1. The molecule has 1 aliphatic heterocycles. The Balaban J connectivity index is 1.95. The van der Waals surface area contributed by atoms with Gasteiger partial charge in [-0.3, -0.25) is 4.21 Å². The molecule has 1 saturated carbocycles. The van der Waals surface area contributed by atoms with E-state index < -0.39 is 10.8 Å². The van der Waals surface area contributed by atoms with E-state index in [1.54, 1.807) is 0 Å². The van der Waals surface area contributed by atoms with Gasteiger partial charge in [0, 0.05) is 35.7 Å². The number of carbonyl (C=O) groups excluding carboxylic acids is 1. The Morgan fingerprint density at radius 2 is 1.86 bits per heavy atom. The molecule has 0 spiro atoms. The summed E-state index contributed by atoms with van der Waals surface area (Å²) in [5, 5.41) is 3.25. The molecule has 2 amide bonds. The van der Waals surface area contributed by atoms with Crippen molar-refractivity contribution in [2.24, 2.45) is 0 Å². The van der Waals surface area contributed by atoms with Gasteiger partial charge < -0.3 is 15.0 Å². The Kier molecular flexibility index (Phi) is 6.05. The second-order valence-corrected chi connectivity index (χ2v) is 8.15. The highest BCUT2D eigenvalue weighted by atomic mass is 32.2. The molecule has 0 bridgehead atoms. The van der Waals surface area contributed by atoms with E-state index in [-0.39, 0.29) is 29.5 Å². The van der Waals surface area contributed by atoms with Gasteiger partial charge in [-0.05, 0) is 26.7 Å². The van der Waals surface area contributed by atoms with E-state index in [9.17, 15) is 9.00 Å². The van der Waals surface area contributed by atoms with Gasteiger partial charge in [0.25, 0.3) is 0 Å². The summed E-state index contributed by atoms with van der Waals surface area (Å²) in [4.78, 5) is 14.3. The van der Waals surface area contributed by atoms with Crippen LogP contribution in [0, 0.1) is 0 Å². The average molecular weight is 316 g/mol. The molecule has 5 atom stereocenters. The van der Waals surface area contributed by atoms with Crippen molar-refractivity contribution in [2.45, 2.75) is 70.0 Å². The number of hydrogen-bond acceptors (Lipinski definition) is 3. The molecular formula is C15H28N2O3S. The lowest BCUT2D eigenvalue weighted by Gasteiger charge is -2.38. The Hall–Kier alpha value is -0.620. The molecule has 5 nitrogen and oxygen atoms in total. The molecule has 0 aromatic rings. The van der Waals surface area contributed by atoms with Crippen LogP contribution in [-0.2, 0) is 15.5 Å². The summed E-state index contributed by atoms with van der Waals surface area (Å²) < 4.78 is 17.8. The van der Waals surface area contributed by atoms with Gasteiger partial charge in [-0.25, -0.2) is 4.79 Å². The van der Waals surface area contributed by atoms with Gasteiger partial charge in [0.2, 0.25) is 0 Å². The van der Waals surface area contributed by atoms with Gasteiger partial charge in [0.15, 0.2) is 0 Å². The molecule has 0 aromatic carbocycles. The van der Waals surface area contributed by atoms with Crippen molar-refractivity contribution in [3.8, 4) is 0 Å². The highest BCUT2D eigenvalue weighted by Crippen LogP contribution is 2.23. The molecule has 6 heteroatoms. The Morgan fingerprint density at radius 1 is 1.24 bits per heavy atom. The van der Waals surface area contributed by atoms with E-state index in [1.165, 1.54) is 0 Å². The monoisotopic (exact) mass is 316 g/mol. The maximum absolute atomic E-state index is 12.5. The smallest absolute Gasteiger partial charge is 0.317 e. The maximum atomic E-state index is 12.5. The van der Waals surface area contributed by atoms with Crippen LogP contribution in [0.2, 0.25) is 0 Å². The summed E-state index contributed by atoms with van der Waals surface area (Å²) in [7, 11) is -0.837. The van der Waals surface area contributed by atoms with Crippen molar-refractivity contribution in [1.82, 2.24) is 10.2 Å². The summed E-state index contributed by atoms with van der Waals surface area (Å²) in [5.41, 5.74) is 0. The van der Waals surface area contributed by atoms with E-state index in [1.807, 2.05) is 25.7 Å². The third-order valence-electron chi connectivity index (χ3n) is 4.34. The zero-order chi connectivity index (χ0) is 15.4. The van der Waals surface area contributed by atoms with Crippen LogP contribution in [0.1, 0.15) is 46.5 Å². The number of amides is 2. The Morgan fingerprint density at radius 3 is 2.48 bits per heavy atom. The number of ether oxygens (including phenoxy) is 1. The largest absolute Gasteiger partial charge is 0.372 e. The fourth-order valence-electron chi connectivity index (χ4n) is 3.38. The summed E-state index contributed by atoms with van der Waals surface area (Å²) in [5.74, 6) is 0.669. The van der Waals surface area contributed by atoms with E-state index in [4.69, 9.17) is 4.74 Å². The number of morpholine rings is 1. The predicted molar refractivity (Wildman–Crippen MR) is 84.8 cm³/mol. The van der Waals surface area contributed by atoms with Crippen molar-refractivity contribution in [1.29, 1.82) is 0 Å². The van der Waals surface area contributed by atoms with Gasteiger partial charge in [0.05, 0.1) is 17.5 Å². The predicted octanol–water partition coefficient (Wildman–Crippen LogP) is 1.89. The van der Waals surface area contributed by atoms with Gasteiger partial charge in [0.1, 0.15) is 0 Å². The summed E-state index contributed by atoms with van der Waals surface area (Å²) in [6, 6.07) is 0.0301. The number of carbonyl (C=O) groups is 1. The minimum Gasteiger partial charge on any atom is -0.372 e. The first-order valence-electron chi connectivity index (χ1n) is 8.09. The maximum Gasteiger partial charge on any atom is 0.317 e. The van der Waals surface area contributed by atoms with Crippen LogP contribution in [-0.4, -0.2) is 57.5 Å². The van der Waals surface area contributed by atoms with Crippen LogP contribution in [0.5, 0.6) is 0 Å². The Bertz CT molecular complexity index is 381. The molecule has 1 heterocycles. The van der Waals surface area contributed by atoms with E-state index >= 15 is 0 Å². The topological polar surface area (TPSA) is 58.6 Å². The second-order valence-electron chi connectivity index (χ2n) is 6.21. The zero-order valence-electron chi connectivity index (χ0n) is 13.3. The standard InChI is InChI=1S/C15H28N2O3S/c1-4-21(19)14-8-6-5-7-13(14)16-15(18)17-9-11(2)20-12(3)10-17/h11-14H,4-10H2,1-3H3,(H,16,18). The van der Waals surface area contributed by atoms with Gasteiger partial charge in [-0.2, -0.15) is 0 Å². The van der Waals surface area contributed by atoms with Crippen LogP contribution in [0.25, 0.3) is 0 Å². The van der Waals surface area contributed by atoms with Crippen molar-refractivity contribution in [3.05, 3.63) is 0 Å². The number of nitrogens with zero attached hydrogens (tertiary/aromatic N) is 1. The van der Waals surface area contributed by atoms with E-state index in [2.05, 4.69) is 5.32 Å². The molecule has 1 N–H and O–H groups in total. The highest BCUT2D eigenvalue weighted by molar-refractivity contribution is 7.85. The van der Waals surface area contributed by atoms with Crippen molar-refractivity contribution >= 4 is 16.8 Å². The molecular weight excluding hydrogens is 288 g/mol. The molecule has 1 aliphatic carbocycles. The third-order valence-corrected chi connectivity index (χ3v) is 6.15. The highest BCUT2D eigenvalue weighted by Gasteiger charge is 2.33. The quantitative estimate of drug-likeness (QED) is 0.865. The van der Waals surface area contributed by atoms with Crippen LogP contribution in [0.4, 0.5) is 4.79 Å². The first-order chi connectivity index (χ1) is 10.0. The lowest BCUT2D eigenvalue weighted by atomic mass is 9.95. The normalized spacial score (nSPS) is 35.3. The lowest BCUT2D eigenvalue weighted by Crippen LogP contribution is -2.56. The van der Waals surface area contributed by atoms with E-state index in [0.29, 0.717) is 18.8 Å². The van der Waals surface area contributed by atoms with Crippen LogP contribution < -0.4 is 5.32 Å². The number of nitrogens with one attached hydrogen (secondary N) is 1. The lowest BCUT2D eigenvalue weighted by molar-refractivity contribution is -0.0548. The van der Waals surface area contributed by atoms with Gasteiger partial charge >= 0.3 is 6.03 Å². The van der Waals surface area contributed by atoms with Crippen molar-refractivity contribution < 1.29 is 13.7 Å². The average Bonchev–Trinajstić information content (AvgIpc) is 2.46. The van der Waals surface area contributed by atoms with Gasteiger partial charge in [-0.1, -0.05) is 19.8 Å². The second kappa shape index (κ2) is 7.58. The van der Waals surface area contributed by atoms with Crippen molar-refractivity contribution in [2.75, 3.05) is 18.8 Å². The SMILES string of the molecule is CCS(=O)C1CCCCC1NC(=O)N1CC(C)OC(C)C1. The first-order valence-corrected chi connectivity index (χ1v) is 9.47. The van der Waals surface area contributed by atoms with Gasteiger partial charge in [-0.15, -0.1) is 0 Å². The van der Waals surface area contributed by atoms with Crippen LogP contribution in [0.3, 0.4) is 0 Å². The summed E-state index contributed by atoms with van der Waals surface area (Å²) >= 11 is 0. The fraction of sp³-hybridized carbons (Fsp3) is 0.933. The molecule has 0 aromatic heterocycles. The zero-order valence-corrected chi connectivity index (χ0v) is 14.2. The molecule has 2 aliphatic rings. The molecule has 122 valence electrons. The summed E-state index contributed by atoms with van der Waals surface area (Å²) in [6.45, 7) is 7.20. The van der Waals surface area contributed by atoms with Crippen LogP contribution >= 0.6 is 0 Å². The van der Waals surface area contributed by atoms with Crippen molar-refractivity contribution in [3.63, 3.8) is 0 Å².